The van der Waals surface area contributed by atoms with Crippen LogP contribution < -0.4 is 0 Å². The first-order valence-corrected chi connectivity index (χ1v) is 7.35. The maximum atomic E-state index is 12.7. The summed E-state index contributed by atoms with van der Waals surface area (Å²) in [6.45, 7) is 5.10. The van der Waals surface area contributed by atoms with Crippen molar-refractivity contribution in [3.63, 3.8) is 0 Å². The van der Waals surface area contributed by atoms with Crippen molar-refractivity contribution in [2.24, 2.45) is 5.92 Å². The second-order valence-corrected chi connectivity index (χ2v) is 5.78. The number of aryl methyl sites for hydroxylation is 1. The van der Waals surface area contributed by atoms with E-state index in [4.69, 9.17) is 16.3 Å². The zero-order valence-corrected chi connectivity index (χ0v) is 13.0. The Morgan fingerprint density at radius 1 is 1.55 bits per heavy atom. The molecule has 1 saturated carbocycles. The van der Waals surface area contributed by atoms with Crippen molar-refractivity contribution >= 4 is 17.5 Å². The van der Waals surface area contributed by atoms with E-state index < -0.39 is 0 Å². The van der Waals surface area contributed by atoms with E-state index in [0.29, 0.717) is 29.8 Å². The topological polar surface area (TPSA) is 42.4 Å². The van der Waals surface area contributed by atoms with Crippen LogP contribution in [0.2, 0.25) is 5.15 Å². The van der Waals surface area contributed by atoms with E-state index in [2.05, 4.69) is 11.9 Å². The molecule has 5 heteroatoms. The summed E-state index contributed by atoms with van der Waals surface area (Å²) in [7, 11) is 1.65. The molecule has 0 N–H and O–H groups in total. The first kappa shape index (κ1) is 15.3. The molecule has 1 aliphatic carbocycles. The molecule has 0 radical (unpaired) electrons. The Morgan fingerprint density at radius 2 is 2.25 bits per heavy atom. The minimum Gasteiger partial charge on any atom is -0.383 e. The molecule has 0 aromatic carbocycles. The van der Waals surface area contributed by atoms with Crippen molar-refractivity contribution < 1.29 is 9.53 Å². The number of ether oxygens (including phenoxy) is 1. The van der Waals surface area contributed by atoms with E-state index in [1.807, 2.05) is 11.8 Å². The van der Waals surface area contributed by atoms with Crippen LogP contribution in [0.1, 0.15) is 35.8 Å². The highest BCUT2D eigenvalue weighted by molar-refractivity contribution is 6.29. The quantitative estimate of drug-likeness (QED) is 0.758. The summed E-state index contributed by atoms with van der Waals surface area (Å²) in [5.74, 6) is 0.628. The van der Waals surface area contributed by atoms with Crippen molar-refractivity contribution in [1.29, 1.82) is 0 Å². The number of carbonyl (C=O) groups excluding carboxylic acids is 1. The van der Waals surface area contributed by atoms with Gasteiger partial charge in [-0.3, -0.25) is 4.79 Å². The van der Waals surface area contributed by atoms with Gasteiger partial charge in [0, 0.05) is 31.0 Å². The Balaban J connectivity index is 2.19. The number of hydrogen-bond donors (Lipinski definition) is 0. The molecule has 1 aliphatic rings. The van der Waals surface area contributed by atoms with Gasteiger partial charge in [-0.05, 0) is 44.7 Å². The molecule has 1 unspecified atom stereocenters. The van der Waals surface area contributed by atoms with Crippen LogP contribution in [0.4, 0.5) is 0 Å². The van der Waals surface area contributed by atoms with Gasteiger partial charge in [0.15, 0.2) is 0 Å². The van der Waals surface area contributed by atoms with Crippen LogP contribution in [0.25, 0.3) is 0 Å². The molecule has 0 aliphatic heterocycles. The number of rotatable bonds is 6. The number of nitrogens with zero attached hydrogens (tertiary/aromatic N) is 2. The highest BCUT2D eigenvalue weighted by Crippen LogP contribution is 2.35. The van der Waals surface area contributed by atoms with Crippen LogP contribution in [-0.2, 0) is 4.74 Å². The average Bonchev–Trinajstić information content (AvgIpc) is 3.21. The van der Waals surface area contributed by atoms with Gasteiger partial charge in [-0.25, -0.2) is 4.98 Å². The summed E-state index contributed by atoms with van der Waals surface area (Å²) in [4.78, 5) is 18.7. The smallest absolute Gasteiger partial charge is 0.254 e. The third kappa shape index (κ3) is 3.70. The third-order valence-electron chi connectivity index (χ3n) is 3.76. The first-order chi connectivity index (χ1) is 9.52. The number of halogens is 1. The standard InChI is InChI=1S/C15H21ClN2O2/c1-10-8-13(9-14(16)17-10)15(19)18(6-7-20-3)11(2)12-4-5-12/h8-9,11-12H,4-7H2,1-3H3. The lowest BCUT2D eigenvalue weighted by atomic mass is 10.1. The summed E-state index contributed by atoms with van der Waals surface area (Å²) in [6.07, 6.45) is 2.40. The maximum absolute atomic E-state index is 12.7. The molecule has 0 saturated heterocycles. The van der Waals surface area contributed by atoms with Gasteiger partial charge in [0.2, 0.25) is 0 Å². The monoisotopic (exact) mass is 296 g/mol. The number of hydrogen-bond acceptors (Lipinski definition) is 3. The van der Waals surface area contributed by atoms with E-state index in [0.717, 1.165) is 5.69 Å². The molecule has 2 rings (SSSR count). The van der Waals surface area contributed by atoms with Gasteiger partial charge < -0.3 is 9.64 Å². The molecule has 1 atom stereocenters. The minimum absolute atomic E-state index is 0.00819. The highest BCUT2D eigenvalue weighted by atomic mass is 35.5. The van der Waals surface area contributed by atoms with Gasteiger partial charge in [0.1, 0.15) is 5.15 Å². The average molecular weight is 297 g/mol. The predicted octanol–water partition coefficient (Wildman–Crippen LogP) is 2.93. The van der Waals surface area contributed by atoms with Crippen molar-refractivity contribution in [3.05, 3.63) is 28.5 Å². The Bertz CT molecular complexity index is 469. The molecule has 0 spiro atoms. The Labute approximate surface area is 125 Å². The van der Waals surface area contributed by atoms with E-state index in [-0.39, 0.29) is 11.9 Å². The van der Waals surface area contributed by atoms with E-state index in [1.54, 1.807) is 19.2 Å². The van der Waals surface area contributed by atoms with Crippen LogP contribution in [0, 0.1) is 12.8 Å². The van der Waals surface area contributed by atoms with Crippen molar-refractivity contribution in [1.82, 2.24) is 9.88 Å². The van der Waals surface area contributed by atoms with Crippen LogP contribution in [0.15, 0.2) is 12.1 Å². The first-order valence-electron chi connectivity index (χ1n) is 6.97. The van der Waals surface area contributed by atoms with Gasteiger partial charge in [0.05, 0.1) is 6.61 Å². The second kappa shape index (κ2) is 6.55. The highest BCUT2D eigenvalue weighted by Gasteiger charge is 2.34. The van der Waals surface area contributed by atoms with Gasteiger partial charge in [-0.2, -0.15) is 0 Å². The lowest BCUT2D eigenvalue weighted by molar-refractivity contribution is 0.0594. The lowest BCUT2D eigenvalue weighted by Crippen LogP contribution is -2.42. The molecule has 1 amide bonds. The van der Waals surface area contributed by atoms with Crippen molar-refractivity contribution in [2.45, 2.75) is 32.7 Å². The van der Waals surface area contributed by atoms with Crippen LogP contribution in [0.5, 0.6) is 0 Å². The molecule has 1 aromatic heterocycles. The fraction of sp³-hybridized carbons (Fsp3) is 0.600. The zero-order chi connectivity index (χ0) is 14.7. The molecule has 1 fully saturated rings. The SMILES string of the molecule is COCCN(C(=O)c1cc(C)nc(Cl)c1)C(C)C1CC1. The summed E-state index contributed by atoms with van der Waals surface area (Å²) in [6, 6.07) is 3.66. The van der Waals surface area contributed by atoms with E-state index in [9.17, 15) is 4.79 Å². The molecular formula is C15H21ClN2O2. The van der Waals surface area contributed by atoms with E-state index in [1.165, 1.54) is 12.8 Å². The van der Waals surface area contributed by atoms with Crippen LogP contribution in [0.3, 0.4) is 0 Å². The van der Waals surface area contributed by atoms with Crippen LogP contribution >= 0.6 is 11.6 Å². The summed E-state index contributed by atoms with van der Waals surface area (Å²) < 4.78 is 5.12. The fourth-order valence-electron chi connectivity index (χ4n) is 2.43. The normalized spacial score (nSPS) is 16.0. The number of methoxy groups -OCH3 is 1. The van der Waals surface area contributed by atoms with Crippen LogP contribution in [-0.4, -0.2) is 42.1 Å². The predicted molar refractivity (Wildman–Crippen MR) is 79.1 cm³/mol. The Kier molecular flexibility index (Phi) is 5.00. The number of amides is 1. The molecule has 110 valence electrons. The lowest BCUT2D eigenvalue weighted by Gasteiger charge is -2.29. The second-order valence-electron chi connectivity index (χ2n) is 5.39. The molecular weight excluding hydrogens is 276 g/mol. The van der Waals surface area contributed by atoms with Gasteiger partial charge in [0.25, 0.3) is 5.91 Å². The molecule has 20 heavy (non-hydrogen) atoms. The van der Waals surface area contributed by atoms with Crippen molar-refractivity contribution in [2.75, 3.05) is 20.3 Å². The largest absolute Gasteiger partial charge is 0.383 e. The maximum Gasteiger partial charge on any atom is 0.254 e. The fourth-order valence-corrected chi connectivity index (χ4v) is 2.68. The molecule has 1 heterocycles. The number of pyridine rings is 1. The summed E-state index contributed by atoms with van der Waals surface area (Å²) in [5.41, 5.74) is 1.36. The molecule has 1 aromatic rings. The van der Waals surface area contributed by atoms with Gasteiger partial charge in [-0.1, -0.05) is 11.6 Å². The Morgan fingerprint density at radius 3 is 2.80 bits per heavy atom. The minimum atomic E-state index is 0.00819. The number of carbonyl (C=O) groups is 1. The zero-order valence-electron chi connectivity index (χ0n) is 12.2. The third-order valence-corrected chi connectivity index (χ3v) is 3.96. The van der Waals surface area contributed by atoms with Crippen molar-refractivity contribution in [3.8, 4) is 0 Å². The van der Waals surface area contributed by atoms with Gasteiger partial charge >= 0.3 is 0 Å². The summed E-state index contributed by atoms with van der Waals surface area (Å²) in [5, 5.41) is 0.360. The number of aromatic nitrogens is 1. The van der Waals surface area contributed by atoms with E-state index >= 15 is 0 Å². The Hall–Kier alpha value is -1.13. The van der Waals surface area contributed by atoms with Gasteiger partial charge in [-0.15, -0.1) is 0 Å². The molecule has 4 nitrogen and oxygen atoms in total. The molecule has 0 bridgehead atoms. The summed E-state index contributed by atoms with van der Waals surface area (Å²) >= 11 is 5.95.